The molecule has 0 radical (unpaired) electrons. The summed E-state index contributed by atoms with van der Waals surface area (Å²) in [5, 5.41) is 11.2. The Hall–Kier alpha value is -3.06. The van der Waals surface area contributed by atoms with Crippen molar-refractivity contribution in [3.8, 4) is 5.75 Å². The molecule has 0 unspecified atom stereocenters. The average Bonchev–Trinajstić information content (AvgIpc) is 2.59. The number of benzene rings is 2. The van der Waals surface area contributed by atoms with E-state index in [0.717, 1.165) is 0 Å². The summed E-state index contributed by atoms with van der Waals surface area (Å²) in [5.74, 6) is 0.108. The molecule has 0 saturated carbocycles. The first-order valence-electron chi connectivity index (χ1n) is 6.82. The number of hydrogen-bond donors (Lipinski definition) is 2. The number of nitrogens with one attached hydrogen (secondary N) is 2. The van der Waals surface area contributed by atoms with Crippen LogP contribution in [0.15, 0.2) is 55.1 Å². The van der Waals surface area contributed by atoms with Crippen LogP contribution in [0.25, 0.3) is 5.70 Å². The lowest BCUT2D eigenvalue weighted by molar-refractivity contribution is -0.384. The zero-order valence-corrected chi connectivity index (χ0v) is 13.2. The van der Waals surface area contributed by atoms with Crippen LogP contribution in [-0.2, 0) is 4.79 Å². The third-order valence-electron chi connectivity index (χ3n) is 2.96. The van der Waals surface area contributed by atoms with Gasteiger partial charge in [0.2, 0.25) is 0 Å². The Morgan fingerprint density at radius 2 is 1.75 bits per heavy atom. The van der Waals surface area contributed by atoms with Gasteiger partial charge in [-0.15, -0.1) is 0 Å². The van der Waals surface area contributed by atoms with Crippen molar-refractivity contribution in [3.63, 3.8) is 0 Å². The first kappa shape index (κ1) is 17.3. The van der Waals surface area contributed by atoms with Crippen LogP contribution in [-0.4, -0.2) is 17.4 Å². The van der Waals surface area contributed by atoms with Gasteiger partial charge in [-0.25, -0.2) is 0 Å². The fourth-order valence-electron chi connectivity index (χ4n) is 1.72. The monoisotopic (exact) mass is 347 g/mol. The van der Waals surface area contributed by atoms with Crippen LogP contribution in [0.2, 0.25) is 5.02 Å². The number of ether oxygens (including phenoxy) is 1. The Morgan fingerprint density at radius 3 is 2.33 bits per heavy atom. The van der Waals surface area contributed by atoms with Gasteiger partial charge in [0.15, 0.2) is 6.61 Å². The van der Waals surface area contributed by atoms with E-state index in [0.29, 0.717) is 22.0 Å². The van der Waals surface area contributed by atoms with Gasteiger partial charge >= 0.3 is 0 Å². The highest BCUT2D eigenvalue weighted by molar-refractivity contribution is 6.30. The van der Waals surface area contributed by atoms with E-state index < -0.39 is 10.8 Å². The largest absolute Gasteiger partial charge is 0.484 e. The second-order valence-electron chi connectivity index (χ2n) is 4.70. The number of halogens is 1. The highest BCUT2D eigenvalue weighted by Crippen LogP contribution is 2.16. The number of hydrazine groups is 1. The van der Waals surface area contributed by atoms with E-state index >= 15 is 0 Å². The minimum absolute atomic E-state index is 0.0213. The van der Waals surface area contributed by atoms with Crippen molar-refractivity contribution < 1.29 is 14.5 Å². The van der Waals surface area contributed by atoms with Gasteiger partial charge in [-0.05, 0) is 42.0 Å². The van der Waals surface area contributed by atoms with Crippen LogP contribution < -0.4 is 15.6 Å². The molecule has 0 aliphatic carbocycles. The molecule has 2 rings (SSSR count). The molecule has 0 fully saturated rings. The summed E-state index contributed by atoms with van der Waals surface area (Å²) in [5.41, 5.74) is 6.04. The Labute approximate surface area is 143 Å². The fraction of sp³-hybridized carbons (Fsp3) is 0.0625. The quantitative estimate of drug-likeness (QED) is 0.593. The molecule has 0 aliphatic rings. The number of rotatable bonds is 7. The van der Waals surface area contributed by atoms with Crippen LogP contribution >= 0.6 is 11.6 Å². The van der Waals surface area contributed by atoms with Crippen LogP contribution in [0.4, 0.5) is 5.69 Å². The van der Waals surface area contributed by atoms with Gasteiger partial charge in [-0.1, -0.05) is 18.2 Å². The summed E-state index contributed by atoms with van der Waals surface area (Å²) < 4.78 is 5.29. The lowest BCUT2D eigenvalue weighted by Gasteiger charge is -2.11. The zero-order chi connectivity index (χ0) is 17.5. The Kier molecular flexibility index (Phi) is 5.75. The van der Waals surface area contributed by atoms with Crippen molar-refractivity contribution in [3.05, 3.63) is 75.8 Å². The third-order valence-corrected chi connectivity index (χ3v) is 3.21. The van der Waals surface area contributed by atoms with Gasteiger partial charge in [0.25, 0.3) is 11.6 Å². The first-order chi connectivity index (χ1) is 11.5. The van der Waals surface area contributed by atoms with E-state index in [9.17, 15) is 14.9 Å². The van der Waals surface area contributed by atoms with E-state index in [1.165, 1.54) is 24.3 Å². The van der Waals surface area contributed by atoms with Crippen LogP contribution in [0.3, 0.4) is 0 Å². The van der Waals surface area contributed by atoms with E-state index in [4.69, 9.17) is 16.3 Å². The molecule has 8 heteroatoms. The van der Waals surface area contributed by atoms with Gasteiger partial charge in [-0.2, -0.15) is 0 Å². The predicted octanol–water partition coefficient (Wildman–Crippen LogP) is 2.92. The predicted molar refractivity (Wildman–Crippen MR) is 90.4 cm³/mol. The van der Waals surface area contributed by atoms with Gasteiger partial charge < -0.3 is 4.74 Å². The smallest absolute Gasteiger partial charge is 0.276 e. The molecule has 0 bridgehead atoms. The number of nitro groups is 1. The summed E-state index contributed by atoms with van der Waals surface area (Å²) in [6.45, 7) is 3.56. The molecule has 24 heavy (non-hydrogen) atoms. The number of nitro benzene ring substituents is 1. The average molecular weight is 348 g/mol. The normalized spacial score (nSPS) is 9.88. The molecular weight excluding hydrogens is 334 g/mol. The van der Waals surface area contributed by atoms with E-state index in [1.807, 2.05) is 0 Å². The second-order valence-corrected chi connectivity index (χ2v) is 5.13. The molecule has 0 heterocycles. The van der Waals surface area contributed by atoms with Crippen LogP contribution in [0, 0.1) is 10.1 Å². The minimum Gasteiger partial charge on any atom is -0.484 e. The van der Waals surface area contributed by atoms with Gasteiger partial charge in [0, 0.05) is 17.2 Å². The maximum Gasteiger partial charge on any atom is 0.276 e. The molecule has 7 nitrogen and oxygen atoms in total. The van der Waals surface area contributed by atoms with Crippen molar-refractivity contribution in [2.75, 3.05) is 6.61 Å². The number of hydrogen-bond acceptors (Lipinski definition) is 5. The van der Waals surface area contributed by atoms with E-state index in [-0.39, 0.29) is 12.3 Å². The maximum atomic E-state index is 11.7. The Balaban J connectivity index is 1.79. The molecular formula is C16H14ClN3O4. The summed E-state index contributed by atoms with van der Waals surface area (Å²) in [6, 6.07) is 12.4. The lowest BCUT2D eigenvalue weighted by Crippen LogP contribution is -2.38. The summed E-state index contributed by atoms with van der Waals surface area (Å²) in [6.07, 6.45) is 0. The topological polar surface area (TPSA) is 93.5 Å². The number of nitrogens with zero attached hydrogens (tertiary/aromatic N) is 1. The molecule has 0 aliphatic heterocycles. The van der Waals surface area contributed by atoms with Crippen LogP contribution in [0.5, 0.6) is 5.75 Å². The number of carbonyl (C=O) groups is 1. The molecule has 1 amide bonds. The number of non-ortho nitro benzene ring substituents is 1. The number of carbonyl (C=O) groups excluding carboxylic acids is 1. The summed E-state index contributed by atoms with van der Waals surface area (Å²) in [4.78, 5) is 21.8. The van der Waals surface area contributed by atoms with Crippen LogP contribution in [0.1, 0.15) is 5.56 Å². The highest BCUT2D eigenvalue weighted by atomic mass is 35.5. The van der Waals surface area contributed by atoms with Crippen molar-refractivity contribution >= 4 is 28.9 Å². The molecule has 0 atom stereocenters. The van der Waals surface area contributed by atoms with E-state index in [1.54, 1.807) is 24.3 Å². The van der Waals surface area contributed by atoms with Crippen molar-refractivity contribution in [1.29, 1.82) is 0 Å². The lowest BCUT2D eigenvalue weighted by atomic mass is 10.1. The molecule has 0 spiro atoms. The molecule has 2 aromatic rings. The summed E-state index contributed by atoms with van der Waals surface area (Å²) >= 11 is 5.75. The van der Waals surface area contributed by atoms with Gasteiger partial charge in [0.05, 0.1) is 10.6 Å². The molecule has 124 valence electrons. The zero-order valence-electron chi connectivity index (χ0n) is 12.5. The summed E-state index contributed by atoms with van der Waals surface area (Å²) in [7, 11) is 0. The van der Waals surface area contributed by atoms with Crippen molar-refractivity contribution in [2.24, 2.45) is 0 Å². The molecule has 0 aromatic heterocycles. The van der Waals surface area contributed by atoms with Gasteiger partial charge in [0.1, 0.15) is 5.75 Å². The number of amides is 1. The minimum atomic E-state index is -0.490. The van der Waals surface area contributed by atoms with E-state index in [2.05, 4.69) is 17.4 Å². The highest BCUT2D eigenvalue weighted by Gasteiger charge is 2.07. The van der Waals surface area contributed by atoms with Gasteiger partial charge in [-0.3, -0.25) is 25.8 Å². The Bertz CT molecular complexity index is 745. The maximum absolute atomic E-state index is 11.7. The van der Waals surface area contributed by atoms with Crippen molar-refractivity contribution in [1.82, 2.24) is 10.9 Å². The SMILES string of the molecule is C=C(NNC(=O)COc1ccc(Cl)cc1)c1ccc([N+](=O)[O-])cc1. The Morgan fingerprint density at radius 1 is 1.12 bits per heavy atom. The fourth-order valence-corrected chi connectivity index (χ4v) is 1.84. The standard InChI is InChI=1S/C16H14ClN3O4/c1-11(12-2-6-14(7-3-12)20(22)23)18-19-16(21)10-24-15-8-4-13(17)5-9-15/h2-9,18H,1,10H2,(H,19,21). The molecule has 2 N–H and O–H groups in total. The third kappa shape index (κ3) is 4.99. The second kappa shape index (κ2) is 7.98. The molecule has 2 aromatic carbocycles. The van der Waals surface area contributed by atoms with Crippen molar-refractivity contribution in [2.45, 2.75) is 0 Å². The molecule has 0 saturated heterocycles. The first-order valence-corrected chi connectivity index (χ1v) is 7.20.